The number of anilines is 1. The fourth-order valence-electron chi connectivity index (χ4n) is 1.40. The topological polar surface area (TPSA) is 78.9 Å². The molecule has 0 aliphatic rings. The molecule has 0 spiro atoms. The van der Waals surface area contributed by atoms with Crippen molar-refractivity contribution in [2.24, 2.45) is 5.92 Å². The Morgan fingerprint density at radius 3 is 2.75 bits per heavy atom. The maximum Gasteiger partial charge on any atom is 0.231 e. The highest BCUT2D eigenvalue weighted by atomic mass is 35.5. The van der Waals surface area contributed by atoms with Crippen LogP contribution in [0.2, 0.25) is 5.02 Å². The van der Waals surface area contributed by atoms with E-state index in [1.54, 1.807) is 25.1 Å². The zero-order valence-electron chi connectivity index (χ0n) is 11.7. The number of nitrogen functional groups attached to an aromatic ring is 1. The summed E-state index contributed by atoms with van der Waals surface area (Å²) in [5, 5.41) is 12.4. The normalized spacial score (nSPS) is 13.6. The SMILES string of the molecule is CC(C)C(C)(C#N)NC(=O)CSc1ccc(N)cc1Cl. The summed E-state index contributed by atoms with van der Waals surface area (Å²) >= 11 is 7.36. The summed E-state index contributed by atoms with van der Waals surface area (Å²) in [6.07, 6.45) is 0. The second-order valence-electron chi connectivity index (χ2n) is 5.00. The molecule has 20 heavy (non-hydrogen) atoms. The minimum Gasteiger partial charge on any atom is -0.399 e. The van der Waals surface area contributed by atoms with Crippen molar-refractivity contribution >= 4 is 35.0 Å². The minimum absolute atomic E-state index is 0.0292. The number of carbonyl (C=O) groups excluding carboxylic acids is 1. The van der Waals surface area contributed by atoms with Gasteiger partial charge in [0.15, 0.2) is 0 Å². The number of nitrogens with zero attached hydrogens (tertiary/aromatic N) is 1. The first-order valence-corrected chi connectivity index (χ1v) is 7.55. The Labute approximate surface area is 128 Å². The van der Waals surface area contributed by atoms with Crippen molar-refractivity contribution < 1.29 is 4.79 Å². The Kier molecular flexibility index (Phi) is 5.73. The summed E-state index contributed by atoms with van der Waals surface area (Å²) in [5.41, 5.74) is 5.33. The van der Waals surface area contributed by atoms with E-state index in [2.05, 4.69) is 11.4 Å². The molecule has 0 saturated carbocycles. The maximum atomic E-state index is 11.9. The van der Waals surface area contributed by atoms with E-state index in [1.807, 2.05) is 13.8 Å². The summed E-state index contributed by atoms with van der Waals surface area (Å²) in [7, 11) is 0. The molecule has 1 amide bonds. The number of benzene rings is 1. The van der Waals surface area contributed by atoms with Crippen molar-refractivity contribution in [1.82, 2.24) is 5.32 Å². The molecule has 1 aromatic carbocycles. The van der Waals surface area contributed by atoms with Gasteiger partial charge in [0.25, 0.3) is 0 Å². The zero-order chi connectivity index (χ0) is 15.3. The fourth-order valence-corrected chi connectivity index (χ4v) is 2.48. The quantitative estimate of drug-likeness (QED) is 0.647. The van der Waals surface area contributed by atoms with Gasteiger partial charge >= 0.3 is 0 Å². The maximum absolute atomic E-state index is 11.9. The van der Waals surface area contributed by atoms with Crippen LogP contribution in [0, 0.1) is 17.2 Å². The molecule has 0 saturated heterocycles. The van der Waals surface area contributed by atoms with Gasteiger partial charge in [0.1, 0.15) is 5.54 Å². The van der Waals surface area contributed by atoms with Crippen LogP contribution in [0.4, 0.5) is 5.69 Å². The first-order valence-electron chi connectivity index (χ1n) is 6.18. The van der Waals surface area contributed by atoms with Crippen LogP contribution in [0.25, 0.3) is 0 Å². The molecule has 0 fully saturated rings. The highest BCUT2D eigenvalue weighted by molar-refractivity contribution is 8.00. The number of carbonyl (C=O) groups is 1. The van der Waals surface area contributed by atoms with Crippen LogP contribution in [-0.2, 0) is 4.79 Å². The molecule has 0 aliphatic carbocycles. The summed E-state index contributed by atoms with van der Waals surface area (Å²) < 4.78 is 0. The summed E-state index contributed by atoms with van der Waals surface area (Å²) in [5.74, 6) is 0.0374. The molecule has 108 valence electrons. The molecular formula is C14H18ClN3OS. The lowest BCUT2D eigenvalue weighted by Gasteiger charge is -2.27. The lowest BCUT2D eigenvalue weighted by atomic mass is 9.90. The molecule has 1 atom stereocenters. The average molecular weight is 312 g/mol. The third kappa shape index (κ3) is 4.32. The van der Waals surface area contributed by atoms with Gasteiger partial charge in [-0.2, -0.15) is 5.26 Å². The zero-order valence-corrected chi connectivity index (χ0v) is 13.3. The molecule has 1 unspecified atom stereocenters. The Morgan fingerprint density at radius 1 is 1.60 bits per heavy atom. The molecule has 6 heteroatoms. The van der Waals surface area contributed by atoms with Crippen LogP contribution in [0.1, 0.15) is 20.8 Å². The fraction of sp³-hybridized carbons (Fsp3) is 0.429. The lowest BCUT2D eigenvalue weighted by Crippen LogP contribution is -2.49. The van der Waals surface area contributed by atoms with Gasteiger partial charge in [0.05, 0.1) is 16.8 Å². The van der Waals surface area contributed by atoms with Crippen LogP contribution >= 0.6 is 23.4 Å². The molecule has 0 bridgehead atoms. The lowest BCUT2D eigenvalue weighted by molar-refractivity contribution is -0.120. The predicted molar refractivity (Wildman–Crippen MR) is 83.6 cm³/mol. The molecule has 1 rings (SSSR count). The monoisotopic (exact) mass is 311 g/mol. The second kappa shape index (κ2) is 6.87. The van der Waals surface area contributed by atoms with Crippen molar-refractivity contribution in [3.05, 3.63) is 23.2 Å². The van der Waals surface area contributed by atoms with Crippen LogP contribution in [0.3, 0.4) is 0 Å². The van der Waals surface area contributed by atoms with Gasteiger partial charge in [-0.1, -0.05) is 25.4 Å². The Balaban J connectivity index is 2.62. The van der Waals surface area contributed by atoms with Crippen molar-refractivity contribution in [2.45, 2.75) is 31.2 Å². The highest BCUT2D eigenvalue weighted by Gasteiger charge is 2.29. The predicted octanol–water partition coefficient (Wildman–Crippen LogP) is 3.07. The molecule has 3 N–H and O–H groups in total. The van der Waals surface area contributed by atoms with E-state index >= 15 is 0 Å². The Bertz CT molecular complexity index is 542. The number of hydrogen-bond donors (Lipinski definition) is 2. The highest BCUT2D eigenvalue weighted by Crippen LogP contribution is 2.28. The van der Waals surface area contributed by atoms with Crippen LogP contribution in [-0.4, -0.2) is 17.2 Å². The van der Waals surface area contributed by atoms with E-state index in [0.29, 0.717) is 10.7 Å². The van der Waals surface area contributed by atoms with E-state index in [1.165, 1.54) is 11.8 Å². The summed E-state index contributed by atoms with van der Waals surface area (Å²) in [4.78, 5) is 12.7. The van der Waals surface area contributed by atoms with Crippen molar-refractivity contribution in [3.63, 3.8) is 0 Å². The smallest absolute Gasteiger partial charge is 0.231 e. The third-order valence-electron chi connectivity index (χ3n) is 3.10. The van der Waals surface area contributed by atoms with Crippen molar-refractivity contribution in [3.8, 4) is 6.07 Å². The van der Waals surface area contributed by atoms with Gasteiger partial charge in [-0.25, -0.2) is 0 Å². The Morgan fingerprint density at radius 2 is 2.25 bits per heavy atom. The number of nitriles is 1. The molecular weight excluding hydrogens is 294 g/mol. The average Bonchev–Trinajstić information content (AvgIpc) is 2.37. The van der Waals surface area contributed by atoms with Gasteiger partial charge in [-0.05, 0) is 31.0 Å². The number of amides is 1. The van der Waals surface area contributed by atoms with E-state index in [-0.39, 0.29) is 17.6 Å². The van der Waals surface area contributed by atoms with Gasteiger partial charge in [0, 0.05) is 10.6 Å². The van der Waals surface area contributed by atoms with Gasteiger partial charge in [-0.3, -0.25) is 4.79 Å². The largest absolute Gasteiger partial charge is 0.399 e. The molecule has 0 heterocycles. The van der Waals surface area contributed by atoms with Crippen LogP contribution in [0.5, 0.6) is 0 Å². The number of nitrogens with two attached hydrogens (primary N) is 1. The summed E-state index contributed by atoms with van der Waals surface area (Å²) in [6, 6.07) is 7.31. The third-order valence-corrected chi connectivity index (χ3v) is 4.60. The molecule has 4 nitrogen and oxygen atoms in total. The molecule has 1 aromatic rings. The van der Waals surface area contributed by atoms with E-state index in [4.69, 9.17) is 22.6 Å². The van der Waals surface area contributed by atoms with E-state index in [0.717, 1.165) is 4.90 Å². The second-order valence-corrected chi connectivity index (χ2v) is 6.42. The van der Waals surface area contributed by atoms with Crippen LogP contribution in [0.15, 0.2) is 23.1 Å². The van der Waals surface area contributed by atoms with E-state index < -0.39 is 5.54 Å². The minimum atomic E-state index is -0.859. The Hall–Kier alpha value is -1.38. The number of thioether (sulfide) groups is 1. The number of nitrogens with one attached hydrogen (secondary N) is 1. The first kappa shape index (κ1) is 16.7. The number of rotatable bonds is 5. The van der Waals surface area contributed by atoms with Crippen LogP contribution < -0.4 is 11.1 Å². The van der Waals surface area contributed by atoms with Gasteiger partial charge in [0.2, 0.25) is 5.91 Å². The van der Waals surface area contributed by atoms with Crippen molar-refractivity contribution in [1.29, 1.82) is 5.26 Å². The molecule has 0 aliphatic heterocycles. The molecule has 0 aromatic heterocycles. The van der Waals surface area contributed by atoms with Gasteiger partial charge < -0.3 is 11.1 Å². The number of hydrogen-bond acceptors (Lipinski definition) is 4. The standard InChI is InChI=1S/C14H18ClN3OS/c1-9(2)14(3,8-16)18-13(19)7-20-12-5-4-10(17)6-11(12)15/h4-6,9H,7,17H2,1-3H3,(H,18,19). The van der Waals surface area contributed by atoms with E-state index in [9.17, 15) is 4.79 Å². The summed E-state index contributed by atoms with van der Waals surface area (Å²) in [6.45, 7) is 5.51. The van der Waals surface area contributed by atoms with Gasteiger partial charge in [-0.15, -0.1) is 11.8 Å². The number of halogens is 1. The van der Waals surface area contributed by atoms with Crippen molar-refractivity contribution in [2.75, 3.05) is 11.5 Å². The molecule has 0 radical (unpaired) electrons. The first-order chi connectivity index (χ1) is 9.28.